The minimum Gasteiger partial charge on any atom is -0.496 e. The molecule has 0 aliphatic carbocycles. The zero-order valence-electron chi connectivity index (χ0n) is 13.7. The van der Waals surface area contributed by atoms with Crippen molar-refractivity contribution in [2.24, 2.45) is 0 Å². The maximum Gasteiger partial charge on any atom is 0.225 e. The minimum absolute atomic E-state index is 0.0215. The second-order valence-corrected chi connectivity index (χ2v) is 6.76. The molecule has 2 aromatic carbocycles. The van der Waals surface area contributed by atoms with Crippen molar-refractivity contribution in [2.75, 3.05) is 26.0 Å². The molecule has 0 atom stereocenters. The molecule has 24 heavy (non-hydrogen) atoms. The van der Waals surface area contributed by atoms with Crippen LogP contribution in [0, 0.1) is 0 Å². The molecule has 1 N–H and O–H groups in total. The number of amides is 1. The lowest BCUT2D eigenvalue weighted by Crippen LogP contribution is -2.24. The Hall–Kier alpha value is -1.56. The largest absolute Gasteiger partial charge is 0.496 e. The Morgan fingerprint density at radius 3 is 2.75 bits per heavy atom. The van der Waals surface area contributed by atoms with Crippen molar-refractivity contribution in [3.8, 4) is 5.75 Å². The van der Waals surface area contributed by atoms with Gasteiger partial charge in [0.15, 0.2) is 0 Å². The highest BCUT2D eigenvalue weighted by Crippen LogP contribution is 2.24. The summed E-state index contributed by atoms with van der Waals surface area (Å²) in [6.45, 7) is 1.29. The number of halogens is 2. The highest BCUT2D eigenvalue weighted by atomic mass is 79.9. The van der Waals surface area contributed by atoms with E-state index in [0.717, 1.165) is 21.5 Å². The fourth-order valence-electron chi connectivity index (χ4n) is 2.31. The SMILES string of the molecule is COc1ccc(Cl)cc1CN(C)CCC(=O)Nc1ccccc1Br. The van der Waals surface area contributed by atoms with E-state index in [1.165, 1.54) is 0 Å². The van der Waals surface area contributed by atoms with Crippen LogP contribution in [0.25, 0.3) is 0 Å². The lowest BCUT2D eigenvalue weighted by Gasteiger charge is -2.18. The zero-order chi connectivity index (χ0) is 17.5. The molecule has 0 fully saturated rings. The summed E-state index contributed by atoms with van der Waals surface area (Å²) in [7, 11) is 3.60. The van der Waals surface area contributed by atoms with Crippen molar-refractivity contribution in [3.05, 3.63) is 57.5 Å². The van der Waals surface area contributed by atoms with Crippen LogP contribution in [0.1, 0.15) is 12.0 Å². The van der Waals surface area contributed by atoms with E-state index in [1.54, 1.807) is 13.2 Å². The number of rotatable bonds is 7. The van der Waals surface area contributed by atoms with Gasteiger partial charge in [-0.15, -0.1) is 0 Å². The van der Waals surface area contributed by atoms with Gasteiger partial charge in [-0.2, -0.15) is 0 Å². The number of carbonyl (C=O) groups is 1. The van der Waals surface area contributed by atoms with E-state index in [9.17, 15) is 4.79 Å². The zero-order valence-corrected chi connectivity index (χ0v) is 16.0. The number of hydrogen-bond donors (Lipinski definition) is 1. The summed E-state index contributed by atoms with van der Waals surface area (Å²) in [6, 6.07) is 13.1. The first-order chi connectivity index (χ1) is 11.5. The Morgan fingerprint density at radius 2 is 2.04 bits per heavy atom. The molecule has 4 nitrogen and oxygen atoms in total. The van der Waals surface area contributed by atoms with Crippen LogP contribution < -0.4 is 10.1 Å². The van der Waals surface area contributed by atoms with Crippen LogP contribution in [0.4, 0.5) is 5.69 Å². The van der Waals surface area contributed by atoms with Crippen LogP contribution in [0.5, 0.6) is 5.75 Å². The quantitative estimate of drug-likeness (QED) is 0.725. The fourth-order valence-corrected chi connectivity index (χ4v) is 2.89. The van der Waals surface area contributed by atoms with E-state index in [1.807, 2.05) is 43.4 Å². The van der Waals surface area contributed by atoms with Gasteiger partial charge in [0.05, 0.1) is 12.8 Å². The van der Waals surface area contributed by atoms with E-state index in [0.29, 0.717) is 24.5 Å². The number of methoxy groups -OCH3 is 1. The van der Waals surface area contributed by atoms with Crippen molar-refractivity contribution in [1.82, 2.24) is 4.90 Å². The van der Waals surface area contributed by atoms with Gasteiger partial charge in [-0.25, -0.2) is 0 Å². The van der Waals surface area contributed by atoms with Gasteiger partial charge in [0.1, 0.15) is 5.75 Å². The molecule has 0 spiro atoms. The van der Waals surface area contributed by atoms with Gasteiger partial charge in [0, 0.05) is 34.6 Å². The molecule has 0 aliphatic heterocycles. The molecule has 0 bridgehead atoms. The van der Waals surface area contributed by atoms with Gasteiger partial charge in [-0.1, -0.05) is 23.7 Å². The maximum absolute atomic E-state index is 12.1. The molecule has 6 heteroatoms. The standard InChI is InChI=1S/C18H20BrClN2O2/c1-22(12-13-11-14(20)7-8-17(13)24-2)10-9-18(23)21-16-6-4-3-5-15(16)19/h3-8,11H,9-10,12H2,1-2H3,(H,21,23). The van der Waals surface area contributed by atoms with Crippen LogP contribution in [0.3, 0.4) is 0 Å². The fraction of sp³-hybridized carbons (Fsp3) is 0.278. The number of carbonyl (C=O) groups excluding carboxylic acids is 1. The Morgan fingerprint density at radius 1 is 1.29 bits per heavy atom. The third-order valence-electron chi connectivity index (χ3n) is 3.55. The summed E-state index contributed by atoms with van der Waals surface area (Å²) < 4.78 is 6.22. The van der Waals surface area contributed by atoms with Crippen molar-refractivity contribution >= 4 is 39.1 Å². The molecule has 0 saturated carbocycles. The highest BCUT2D eigenvalue weighted by Gasteiger charge is 2.10. The van der Waals surface area contributed by atoms with Crippen LogP contribution in [-0.2, 0) is 11.3 Å². The van der Waals surface area contributed by atoms with E-state index < -0.39 is 0 Å². The second-order valence-electron chi connectivity index (χ2n) is 5.47. The third-order valence-corrected chi connectivity index (χ3v) is 4.48. The Balaban J connectivity index is 1.87. The molecule has 2 aromatic rings. The second kappa shape index (κ2) is 9.06. The molecule has 0 saturated heterocycles. The third kappa shape index (κ3) is 5.51. The van der Waals surface area contributed by atoms with Crippen LogP contribution in [-0.4, -0.2) is 31.5 Å². The van der Waals surface area contributed by atoms with Crippen molar-refractivity contribution < 1.29 is 9.53 Å². The molecule has 0 aliphatic rings. The predicted molar refractivity (Wildman–Crippen MR) is 102 cm³/mol. The number of anilines is 1. The molecule has 0 heterocycles. The molecule has 0 aromatic heterocycles. The normalized spacial score (nSPS) is 10.7. The number of para-hydroxylation sites is 1. The Kier molecular flexibility index (Phi) is 7.09. The summed E-state index contributed by atoms with van der Waals surface area (Å²) in [6.07, 6.45) is 0.403. The summed E-state index contributed by atoms with van der Waals surface area (Å²) in [5, 5.41) is 3.57. The van der Waals surface area contributed by atoms with Crippen molar-refractivity contribution in [3.63, 3.8) is 0 Å². The van der Waals surface area contributed by atoms with Gasteiger partial charge in [0.2, 0.25) is 5.91 Å². The lowest BCUT2D eigenvalue weighted by molar-refractivity contribution is -0.116. The van der Waals surface area contributed by atoms with Gasteiger partial charge >= 0.3 is 0 Å². The predicted octanol–water partition coefficient (Wildman–Crippen LogP) is 4.57. The first-order valence-corrected chi connectivity index (χ1v) is 8.72. The van der Waals surface area contributed by atoms with Gasteiger partial charge < -0.3 is 15.0 Å². The highest BCUT2D eigenvalue weighted by molar-refractivity contribution is 9.10. The smallest absolute Gasteiger partial charge is 0.225 e. The average molecular weight is 412 g/mol. The summed E-state index contributed by atoms with van der Waals surface area (Å²) in [5.74, 6) is 0.774. The van der Waals surface area contributed by atoms with Crippen LogP contribution in [0.15, 0.2) is 46.9 Å². The van der Waals surface area contributed by atoms with E-state index in [-0.39, 0.29) is 5.91 Å². The number of nitrogens with one attached hydrogen (secondary N) is 1. The molecule has 128 valence electrons. The lowest BCUT2D eigenvalue weighted by atomic mass is 10.2. The number of benzene rings is 2. The molecular weight excluding hydrogens is 392 g/mol. The van der Waals surface area contributed by atoms with E-state index >= 15 is 0 Å². The summed E-state index contributed by atoms with van der Waals surface area (Å²) in [4.78, 5) is 14.2. The van der Waals surface area contributed by atoms with E-state index in [2.05, 4.69) is 26.1 Å². The van der Waals surface area contributed by atoms with Crippen LogP contribution in [0.2, 0.25) is 5.02 Å². The summed E-state index contributed by atoms with van der Waals surface area (Å²) in [5.41, 5.74) is 1.78. The summed E-state index contributed by atoms with van der Waals surface area (Å²) >= 11 is 9.47. The first-order valence-electron chi connectivity index (χ1n) is 7.55. The van der Waals surface area contributed by atoms with Crippen molar-refractivity contribution in [2.45, 2.75) is 13.0 Å². The van der Waals surface area contributed by atoms with Gasteiger partial charge in [-0.3, -0.25) is 4.79 Å². The number of hydrogen-bond acceptors (Lipinski definition) is 3. The Labute approximate surface area is 155 Å². The topological polar surface area (TPSA) is 41.6 Å². The number of nitrogens with zero attached hydrogens (tertiary/aromatic N) is 1. The Bertz CT molecular complexity index is 709. The van der Waals surface area contributed by atoms with E-state index in [4.69, 9.17) is 16.3 Å². The minimum atomic E-state index is -0.0215. The first kappa shape index (κ1) is 18.8. The molecule has 0 unspecified atom stereocenters. The molecule has 2 rings (SSSR count). The molecule has 0 radical (unpaired) electrons. The van der Waals surface area contributed by atoms with Gasteiger partial charge in [-0.05, 0) is 53.3 Å². The number of ether oxygens (including phenoxy) is 1. The van der Waals surface area contributed by atoms with Crippen LogP contribution >= 0.6 is 27.5 Å². The van der Waals surface area contributed by atoms with Gasteiger partial charge in [0.25, 0.3) is 0 Å². The monoisotopic (exact) mass is 410 g/mol. The molecular formula is C18H20BrClN2O2. The molecule has 1 amide bonds. The maximum atomic E-state index is 12.1. The average Bonchev–Trinajstić information content (AvgIpc) is 2.55. The van der Waals surface area contributed by atoms with Crippen molar-refractivity contribution in [1.29, 1.82) is 0 Å².